The van der Waals surface area contributed by atoms with E-state index in [-0.39, 0.29) is 23.9 Å². The highest BCUT2D eigenvalue weighted by Gasteiger charge is 2.30. The second kappa shape index (κ2) is 7.83. The number of aliphatic hydroxyl groups excluding tert-OH is 1. The lowest BCUT2D eigenvalue weighted by Crippen LogP contribution is -2.50. The average Bonchev–Trinajstić information content (AvgIpc) is 2.39. The van der Waals surface area contributed by atoms with Gasteiger partial charge < -0.3 is 5.11 Å². The zero-order chi connectivity index (χ0) is 14.5. The summed E-state index contributed by atoms with van der Waals surface area (Å²) in [6, 6.07) is -0.170. The monoisotopic (exact) mass is 310 g/mol. The zero-order valence-corrected chi connectivity index (χ0v) is 13.6. The summed E-state index contributed by atoms with van der Waals surface area (Å²) in [6.07, 6.45) is 7.16. The fourth-order valence-corrected chi connectivity index (χ4v) is 4.59. The van der Waals surface area contributed by atoms with E-state index in [9.17, 15) is 13.5 Å². The zero-order valence-electron chi connectivity index (χ0n) is 12.0. The summed E-state index contributed by atoms with van der Waals surface area (Å²) in [5.74, 6) is 0. The second-order valence-electron chi connectivity index (χ2n) is 5.18. The van der Waals surface area contributed by atoms with E-state index < -0.39 is 10.2 Å². The molecule has 0 aromatic heterocycles. The van der Waals surface area contributed by atoms with Crippen molar-refractivity contribution in [2.45, 2.75) is 56.4 Å². The van der Waals surface area contributed by atoms with E-state index in [0.29, 0.717) is 0 Å². The van der Waals surface area contributed by atoms with E-state index in [1.807, 2.05) is 6.26 Å². The Labute approximate surface area is 121 Å². The first-order chi connectivity index (χ1) is 8.92. The van der Waals surface area contributed by atoms with Gasteiger partial charge in [-0.05, 0) is 26.0 Å². The van der Waals surface area contributed by atoms with Crippen molar-refractivity contribution >= 4 is 22.0 Å². The minimum atomic E-state index is -3.47. The van der Waals surface area contributed by atoms with Crippen molar-refractivity contribution in [1.82, 2.24) is 9.03 Å². The number of hydrogen-bond donors (Lipinski definition) is 2. The smallest absolute Gasteiger partial charge is 0.279 e. The van der Waals surface area contributed by atoms with Crippen LogP contribution in [0, 0.1) is 0 Å². The van der Waals surface area contributed by atoms with E-state index in [4.69, 9.17) is 0 Å². The molecule has 0 heterocycles. The first kappa shape index (κ1) is 17.2. The van der Waals surface area contributed by atoms with Crippen molar-refractivity contribution in [3.63, 3.8) is 0 Å². The van der Waals surface area contributed by atoms with Crippen molar-refractivity contribution in [3.05, 3.63) is 0 Å². The third kappa shape index (κ3) is 4.90. The maximum Gasteiger partial charge on any atom is 0.279 e. The molecule has 0 spiro atoms. The van der Waals surface area contributed by atoms with Gasteiger partial charge in [0.25, 0.3) is 10.2 Å². The van der Waals surface area contributed by atoms with Crippen molar-refractivity contribution in [1.29, 1.82) is 0 Å². The van der Waals surface area contributed by atoms with E-state index in [0.717, 1.165) is 25.7 Å². The number of nitrogens with one attached hydrogen (secondary N) is 1. The van der Waals surface area contributed by atoms with Crippen molar-refractivity contribution < 1.29 is 13.5 Å². The molecule has 1 rings (SSSR count). The molecule has 0 radical (unpaired) electrons. The summed E-state index contributed by atoms with van der Waals surface area (Å²) in [5, 5.41) is 9.10. The van der Waals surface area contributed by atoms with Crippen LogP contribution in [0.25, 0.3) is 0 Å². The molecule has 0 aromatic carbocycles. The average molecular weight is 310 g/mol. The summed E-state index contributed by atoms with van der Waals surface area (Å²) in [6.45, 7) is 1.77. The summed E-state index contributed by atoms with van der Waals surface area (Å²) >= 11 is 1.47. The molecule has 0 saturated heterocycles. The van der Waals surface area contributed by atoms with Gasteiger partial charge in [-0.2, -0.15) is 29.2 Å². The van der Waals surface area contributed by atoms with E-state index in [1.54, 1.807) is 14.0 Å². The van der Waals surface area contributed by atoms with Crippen LogP contribution in [-0.2, 0) is 10.2 Å². The molecule has 114 valence electrons. The highest BCUT2D eigenvalue weighted by Crippen LogP contribution is 2.23. The Morgan fingerprint density at radius 3 is 2.42 bits per heavy atom. The van der Waals surface area contributed by atoms with Crippen LogP contribution in [0.2, 0.25) is 0 Å². The molecule has 0 aliphatic heterocycles. The van der Waals surface area contributed by atoms with Crippen LogP contribution in [0.3, 0.4) is 0 Å². The summed E-state index contributed by atoms with van der Waals surface area (Å²) in [7, 11) is -1.81. The van der Waals surface area contributed by atoms with Crippen LogP contribution in [0.4, 0.5) is 0 Å². The van der Waals surface area contributed by atoms with Gasteiger partial charge in [0.15, 0.2) is 0 Å². The van der Waals surface area contributed by atoms with Gasteiger partial charge in [-0.15, -0.1) is 0 Å². The van der Waals surface area contributed by atoms with E-state index in [2.05, 4.69) is 4.72 Å². The Kier molecular flexibility index (Phi) is 7.10. The van der Waals surface area contributed by atoms with Gasteiger partial charge in [-0.1, -0.05) is 19.3 Å². The minimum absolute atomic E-state index is 0.0298. The molecule has 1 fully saturated rings. The van der Waals surface area contributed by atoms with E-state index in [1.165, 1.54) is 22.5 Å². The highest BCUT2D eigenvalue weighted by molar-refractivity contribution is 7.99. The fraction of sp³-hybridized carbons (Fsp3) is 1.00. The Morgan fingerprint density at radius 2 is 1.95 bits per heavy atom. The molecule has 7 heteroatoms. The van der Waals surface area contributed by atoms with Gasteiger partial charge >= 0.3 is 0 Å². The predicted octanol–water partition coefficient (Wildman–Crippen LogP) is 1.20. The first-order valence-electron chi connectivity index (χ1n) is 6.81. The van der Waals surface area contributed by atoms with Crippen LogP contribution in [0.5, 0.6) is 0 Å². The lowest BCUT2D eigenvalue weighted by Gasteiger charge is -2.32. The number of thioether (sulfide) groups is 1. The normalized spacial score (nSPS) is 21.5. The molecular formula is C12H26N2O3S2. The molecule has 2 N–H and O–H groups in total. The molecule has 2 atom stereocenters. The predicted molar refractivity (Wildman–Crippen MR) is 80.5 cm³/mol. The Hall–Kier alpha value is 0.180. The summed E-state index contributed by atoms with van der Waals surface area (Å²) in [4.78, 5) is 0. The minimum Gasteiger partial charge on any atom is -0.395 e. The number of aliphatic hydroxyl groups is 1. The van der Waals surface area contributed by atoms with Crippen LogP contribution >= 0.6 is 11.8 Å². The highest BCUT2D eigenvalue weighted by atomic mass is 32.2. The fourth-order valence-electron chi connectivity index (χ4n) is 2.47. The SMILES string of the molecule is CSC(CO)C(C)NS(=O)(=O)N(C)C1CCCCC1. The molecule has 1 aliphatic carbocycles. The van der Waals surface area contributed by atoms with Crippen LogP contribution in [0.1, 0.15) is 39.0 Å². The molecule has 1 aliphatic rings. The molecule has 19 heavy (non-hydrogen) atoms. The van der Waals surface area contributed by atoms with Gasteiger partial charge in [-0.25, -0.2) is 0 Å². The standard InChI is InChI=1S/C12H26N2O3S2/c1-10(12(9-15)18-3)13-19(16,17)14(2)11-7-5-4-6-8-11/h10-13,15H,4-9H2,1-3H3. The van der Waals surface area contributed by atoms with Gasteiger partial charge in [0.2, 0.25) is 0 Å². The number of rotatable bonds is 7. The third-order valence-electron chi connectivity index (χ3n) is 3.84. The summed E-state index contributed by atoms with van der Waals surface area (Å²) < 4.78 is 28.7. The van der Waals surface area contributed by atoms with Crippen LogP contribution in [0.15, 0.2) is 0 Å². The molecule has 0 amide bonds. The Bertz CT molecular complexity index is 352. The van der Waals surface area contributed by atoms with Gasteiger partial charge in [0.1, 0.15) is 0 Å². The Balaban J connectivity index is 2.63. The van der Waals surface area contributed by atoms with Crippen molar-refractivity contribution in [2.75, 3.05) is 19.9 Å². The molecular weight excluding hydrogens is 284 g/mol. The maximum atomic E-state index is 12.3. The van der Waals surface area contributed by atoms with Gasteiger partial charge in [-0.3, -0.25) is 0 Å². The topological polar surface area (TPSA) is 69.6 Å². The van der Waals surface area contributed by atoms with Crippen LogP contribution < -0.4 is 4.72 Å². The van der Waals surface area contributed by atoms with Crippen LogP contribution in [-0.4, -0.2) is 55.1 Å². The quantitative estimate of drug-likeness (QED) is 0.741. The number of hydrogen-bond acceptors (Lipinski definition) is 4. The van der Waals surface area contributed by atoms with Gasteiger partial charge in [0.05, 0.1) is 6.61 Å². The lowest BCUT2D eigenvalue weighted by molar-refractivity contribution is 0.271. The Morgan fingerprint density at radius 1 is 1.37 bits per heavy atom. The molecule has 0 aromatic rings. The number of nitrogens with zero attached hydrogens (tertiary/aromatic N) is 1. The molecule has 0 bridgehead atoms. The maximum absolute atomic E-state index is 12.3. The molecule has 5 nitrogen and oxygen atoms in total. The summed E-state index contributed by atoms with van der Waals surface area (Å²) in [5.41, 5.74) is 0. The largest absolute Gasteiger partial charge is 0.395 e. The second-order valence-corrected chi connectivity index (χ2v) is 8.02. The molecule has 2 unspecified atom stereocenters. The van der Waals surface area contributed by atoms with Gasteiger partial charge in [0, 0.05) is 24.4 Å². The first-order valence-corrected chi connectivity index (χ1v) is 9.54. The van der Waals surface area contributed by atoms with Crippen molar-refractivity contribution in [3.8, 4) is 0 Å². The lowest BCUT2D eigenvalue weighted by atomic mass is 9.96. The third-order valence-corrected chi connectivity index (χ3v) is 6.73. The molecule has 1 saturated carbocycles. The van der Waals surface area contributed by atoms with Crippen molar-refractivity contribution in [2.24, 2.45) is 0 Å². The van der Waals surface area contributed by atoms with E-state index >= 15 is 0 Å².